The highest BCUT2D eigenvalue weighted by Crippen LogP contribution is 2.25. The third-order valence-corrected chi connectivity index (χ3v) is 4.11. The van der Waals surface area contributed by atoms with E-state index in [9.17, 15) is 9.59 Å². The van der Waals surface area contributed by atoms with Crippen molar-refractivity contribution in [2.45, 2.75) is 32.8 Å². The van der Waals surface area contributed by atoms with Crippen molar-refractivity contribution in [1.82, 2.24) is 4.57 Å². The molecule has 0 aliphatic rings. The maximum atomic E-state index is 12.9. The summed E-state index contributed by atoms with van der Waals surface area (Å²) in [5, 5.41) is 0.861. The highest BCUT2D eigenvalue weighted by atomic mass is 16.6. The van der Waals surface area contributed by atoms with Crippen LogP contribution in [0.1, 0.15) is 42.4 Å². The highest BCUT2D eigenvalue weighted by Gasteiger charge is 2.23. The fourth-order valence-electron chi connectivity index (χ4n) is 2.96. The zero-order chi connectivity index (χ0) is 19.6. The van der Waals surface area contributed by atoms with Crippen molar-refractivity contribution in [3.63, 3.8) is 0 Å². The molecule has 27 heavy (non-hydrogen) atoms. The van der Waals surface area contributed by atoms with Gasteiger partial charge in [0.2, 0.25) is 0 Å². The molecule has 5 nitrogen and oxygen atoms in total. The van der Waals surface area contributed by atoms with Crippen LogP contribution >= 0.6 is 0 Å². The zero-order valence-electron chi connectivity index (χ0n) is 16.0. The summed E-state index contributed by atoms with van der Waals surface area (Å²) >= 11 is 0. The molecule has 0 saturated heterocycles. The molecule has 0 radical (unpaired) electrons. The van der Waals surface area contributed by atoms with Gasteiger partial charge in [0.25, 0.3) is 0 Å². The molecule has 0 unspecified atom stereocenters. The monoisotopic (exact) mass is 365 g/mol. The standard InChI is InChI=1S/C22H23NO4/c1-22(2,3)27-21(25)23-18(12-15-8-6-5-7-9-15)13-16-10-11-17(14-19(16)23)20(24)26-4/h5-11,13-14H,12H2,1-4H3. The maximum absolute atomic E-state index is 12.9. The molecule has 0 atom stereocenters. The van der Waals surface area contributed by atoms with E-state index in [1.807, 2.05) is 63.2 Å². The Kier molecular flexibility index (Phi) is 5.04. The summed E-state index contributed by atoms with van der Waals surface area (Å²) in [6.07, 6.45) is 0.105. The lowest BCUT2D eigenvalue weighted by molar-refractivity contribution is 0.0538. The van der Waals surface area contributed by atoms with Gasteiger partial charge in [0, 0.05) is 17.5 Å². The van der Waals surface area contributed by atoms with E-state index >= 15 is 0 Å². The average molecular weight is 365 g/mol. The van der Waals surface area contributed by atoms with E-state index in [2.05, 4.69) is 0 Å². The number of carbonyl (C=O) groups excluding carboxylic acids is 2. The smallest absolute Gasteiger partial charge is 0.419 e. The van der Waals surface area contributed by atoms with E-state index in [1.165, 1.54) is 7.11 Å². The number of rotatable bonds is 3. The van der Waals surface area contributed by atoms with E-state index in [-0.39, 0.29) is 0 Å². The number of methoxy groups -OCH3 is 1. The van der Waals surface area contributed by atoms with Crippen LogP contribution in [0.25, 0.3) is 10.9 Å². The molecule has 0 N–H and O–H groups in total. The van der Waals surface area contributed by atoms with Crippen LogP contribution in [0.5, 0.6) is 0 Å². The van der Waals surface area contributed by atoms with Crippen LogP contribution in [-0.2, 0) is 15.9 Å². The molecule has 3 aromatic rings. The van der Waals surface area contributed by atoms with Gasteiger partial charge in [-0.25, -0.2) is 14.2 Å². The largest absolute Gasteiger partial charge is 0.465 e. The molecule has 0 spiro atoms. The number of hydrogen-bond donors (Lipinski definition) is 0. The Morgan fingerprint density at radius 3 is 2.33 bits per heavy atom. The predicted octanol–water partition coefficient (Wildman–Crippen LogP) is 4.80. The van der Waals surface area contributed by atoms with Crippen LogP contribution in [0.3, 0.4) is 0 Å². The number of hydrogen-bond acceptors (Lipinski definition) is 4. The third kappa shape index (κ3) is 4.19. The first-order valence-electron chi connectivity index (χ1n) is 8.78. The molecule has 0 aliphatic carbocycles. The van der Waals surface area contributed by atoms with Crippen molar-refractivity contribution in [3.05, 3.63) is 71.4 Å². The van der Waals surface area contributed by atoms with Crippen molar-refractivity contribution in [2.75, 3.05) is 7.11 Å². The maximum Gasteiger partial charge on any atom is 0.419 e. The molecule has 0 bridgehead atoms. The number of esters is 1. The van der Waals surface area contributed by atoms with Crippen molar-refractivity contribution < 1.29 is 19.1 Å². The molecule has 0 fully saturated rings. The van der Waals surface area contributed by atoms with E-state index in [0.717, 1.165) is 16.6 Å². The van der Waals surface area contributed by atoms with Crippen molar-refractivity contribution in [3.8, 4) is 0 Å². The molecule has 0 saturated carbocycles. The van der Waals surface area contributed by atoms with Gasteiger partial charge in [0.05, 0.1) is 18.2 Å². The van der Waals surface area contributed by atoms with Gasteiger partial charge in [0.15, 0.2) is 0 Å². The lowest BCUT2D eigenvalue weighted by atomic mass is 10.1. The van der Waals surface area contributed by atoms with Gasteiger partial charge in [-0.15, -0.1) is 0 Å². The summed E-state index contributed by atoms with van der Waals surface area (Å²) in [5.41, 5.74) is 2.26. The van der Waals surface area contributed by atoms with Crippen LogP contribution in [-0.4, -0.2) is 29.3 Å². The molecule has 3 rings (SSSR count). The first-order valence-corrected chi connectivity index (χ1v) is 8.78. The van der Waals surface area contributed by atoms with E-state index in [4.69, 9.17) is 9.47 Å². The molecular formula is C22H23NO4. The Hall–Kier alpha value is -3.08. The number of ether oxygens (including phenoxy) is 2. The highest BCUT2D eigenvalue weighted by molar-refractivity contribution is 5.97. The van der Waals surface area contributed by atoms with Crippen LogP contribution in [0.4, 0.5) is 4.79 Å². The van der Waals surface area contributed by atoms with E-state index < -0.39 is 17.7 Å². The summed E-state index contributed by atoms with van der Waals surface area (Å²) in [6.45, 7) is 5.48. The zero-order valence-corrected chi connectivity index (χ0v) is 16.0. The lowest BCUT2D eigenvalue weighted by Crippen LogP contribution is -2.28. The van der Waals surface area contributed by atoms with Crippen LogP contribution < -0.4 is 0 Å². The molecule has 1 heterocycles. The lowest BCUT2D eigenvalue weighted by Gasteiger charge is -2.21. The van der Waals surface area contributed by atoms with Gasteiger partial charge in [-0.1, -0.05) is 36.4 Å². The fourth-order valence-corrected chi connectivity index (χ4v) is 2.96. The van der Waals surface area contributed by atoms with Gasteiger partial charge in [-0.2, -0.15) is 0 Å². The second kappa shape index (κ2) is 7.27. The molecular weight excluding hydrogens is 342 g/mol. The number of benzene rings is 2. The van der Waals surface area contributed by atoms with E-state index in [0.29, 0.717) is 17.5 Å². The van der Waals surface area contributed by atoms with Crippen LogP contribution in [0.15, 0.2) is 54.6 Å². The van der Waals surface area contributed by atoms with Gasteiger partial charge >= 0.3 is 12.1 Å². The minimum Gasteiger partial charge on any atom is -0.465 e. The van der Waals surface area contributed by atoms with Crippen molar-refractivity contribution in [2.24, 2.45) is 0 Å². The Morgan fingerprint density at radius 2 is 1.70 bits per heavy atom. The van der Waals surface area contributed by atoms with Crippen LogP contribution in [0.2, 0.25) is 0 Å². The molecule has 140 valence electrons. The third-order valence-electron chi connectivity index (χ3n) is 4.11. The first kappa shape index (κ1) is 18.7. The van der Waals surface area contributed by atoms with Crippen molar-refractivity contribution >= 4 is 23.0 Å². The number of nitrogens with zero attached hydrogens (tertiary/aromatic N) is 1. The summed E-state index contributed by atoms with van der Waals surface area (Å²) < 4.78 is 11.9. The summed E-state index contributed by atoms with van der Waals surface area (Å²) in [6, 6.07) is 17.0. The number of fused-ring (bicyclic) bond motifs is 1. The second-order valence-electron chi connectivity index (χ2n) is 7.38. The first-order chi connectivity index (χ1) is 12.8. The average Bonchev–Trinajstić information content (AvgIpc) is 2.97. The molecule has 1 aromatic heterocycles. The van der Waals surface area contributed by atoms with Gasteiger partial charge in [-0.3, -0.25) is 0 Å². The SMILES string of the molecule is COC(=O)c1ccc2cc(Cc3ccccc3)n(C(=O)OC(C)(C)C)c2c1. The quantitative estimate of drug-likeness (QED) is 0.626. The van der Waals surface area contributed by atoms with Gasteiger partial charge < -0.3 is 9.47 Å². The van der Waals surface area contributed by atoms with Crippen LogP contribution in [0, 0.1) is 0 Å². The molecule has 0 aliphatic heterocycles. The Balaban J connectivity index is 2.13. The fraction of sp³-hybridized carbons (Fsp3) is 0.273. The number of aromatic nitrogens is 1. The Morgan fingerprint density at radius 1 is 1.00 bits per heavy atom. The molecule has 5 heteroatoms. The van der Waals surface area contributed by atoms with E-state index in [1.54, 1.807) is 16.7 Å². The summed E-state index contributed by atoms with van der Waals surface area (Å²) in [5.74, 6) is -0.446. The van der Waals surface area contributed by atoms with Gasteiger partial charge in [0.1, 0.15) is 5.60 Å². The normalized spacial score (nSPS) is 11.4. The molecule has 2 aromatic carbocycles. The van der Waals surface area contributed by atoms with Crippen molar-refractivity contribution in [1.29, 1.82) is 0 Å². The Bertz CT molecular complexity index is 981. The summed E-state index contributed by atoms with van der Waals surface area (Å²) in [7, 11) is 1.33. The molecule has 0 amide bonds. The Labute approximate surface area is 158 Å². The summed E-state index contributed by atoms with van der Waals surface area (Å²) in [4.78, 5) is 24.8. The number of carbonyl (C=O) groups is 2. The topological polar surface area (TPSA) is 57.5 Å². The second-order valence-corrected chi connectivity index (χ2v) is 7.38. The minimum absolute atomic E-state index is 0.388. The van der Waals surface area contributed by atoms with Gasteiger partial charge in [-0.05, 0) is 44.5 Å². The predicted molar refractivity (Wildman–Crippen MR) is 104 cm³/mol. The minimum atomic E-state index is -0.627.